The second-order valence-corrected chi connectivity index (χ2v) is 10.4. The van der Waals surface area contributed by atoms with Crippen molar-refractivity contribution < 1.29 is 28.6 Å². The Hall–Kier alpha value is -4.24. The first kappa shape index (κ1) is 27.3. The molecule has 9 heteroatoms. The maximum absolute atomic E-state index is 13.9. The highest BCUT2D eigenvalue weighted by molar-refractivity contribution is 7.22. The minimum atomic E-state index is -0.963. The molecule has 0 bridgehead atoms. The fraction of sp³-hybridized carbons (Fsp3) is 0.258. The van der Waals surface area contributed by atoms with Crippen LogP contribution in [-0.2, 0) is 9.59 Å². The van der Waals surface area contributed by atoms with Gasteiger partial charge in [-0.05, 0) is 60.9 Å². The Morgan fingerprint density at radius 3 is 2.50 bits per heavy atom. The number of halogens is 1. The van der Waals surface area contributed by atoms with E-state index in [4.69, 9.17) is 9.47 Å². The van der Waals surface area contributed by atoms with Crippen molar-refractivity contribution in [3.63, 3.8) is 0 Å². The maximum atomic E-state index is 13.9. The molecule has 0 saturated carbocycles. The maximum Gasteiger partial charge on any atom is 0.301 e. The summed E-state index contributed by atoms with van der Waals surface area (Å²) in [5.41, 5.74) is 1.38. The van der Waals surface area contributed by atoms with Crippen LogP contribution in [0.3, 0.4) is 0 Å². The van der Waals surface area contributed by atoms with Crippen LogP contribution in [0.4, 0.5) is 9.52 Å². The second kappa shape index (κ2) is 11.9. The normalized spacial score (nSPS) is 16.6. The third-order valence-electron chi connectivity index (χ3n) is 6.53. The number of Topliss-reactive ketones (excluding diaryl/α,β-unsaturated/α-hetero) is 1. The van der Waals surface area contributed by atoms with Gasteiger partial charge in [-0.1, -0.05) is 55.9 Å². The van der Waals surface area contributed by atoms with Gasteiger partial charge in [0.2, 0.25) is 0 Å². The number of amides is 1. The van der Waals surface area contributed by atoms with Gasteiger partial charge in [-0.2, -0.15) is 0 Å². The molecule has 1 unspecified atom stereocenters. The molecule has 40 heavy (non-hydrogen) atoms. The zero-order valence-electron chi connectivity index (χ0n) is 22.2. The number of ether oxygens (including phenoxy) is 2. The second-order valence-electron chi connectivity index (χ2n) is 9.42. The van der Waals surface area contributed by atoms with Gasteiger partial charge in [0, 0.05) is 5.56 Å². The molecule has 2 heterocycles. The standard InChI is InChI=1S/C31H29FN2O5S/c1-3-5-16-39-22-12-9-19(10-13-22)27-26(28(35)20-7-6-8-23(17-20)38-15-4-2)29(36)30(37)34(27)31-33-24-14-11-21(32)18-25(24)40-31/h6-14,17-18,27,35H,3-5,15-16H2,1-2H3/b28-26+. The summed E-state index contributed by atoms with van der Waals surface area (Å²) in [7, 11) is 0. The summed E-state index contributed by atoms with van der Waals surface area (Å²) in [5, 5.41) is 11.7. The molecule has 7 nitrogen and oxygen atoms in total. The summed E-state index contributed by atoms with van der Waals surface area (Å²) in [6.07, 6.45) is 2.73. The van der Waals surface area contributed by atoms with E-state index in [0.29, 0.717) is 46.1 Å². The largest absolute Gasteiger partial charge is 0.507 e. The molecular formula is C31H29FN2O5S. The molecule has 5 rings (SSSR count). The Morgan fingerprint density at radius 2 is 1.75 bits per heavy atom. The predicted molar refractivity (Wildman–Crippen MR) is 153 cm³/mol. The van der Waals surface area contributed by atoms with Crippen LogP contribution >= 0.6 is 11.3 Å². The summed E-state index contributed by atoms with van der Waals surface area (Å²) < 4.78 is 25.9. The molecule has 206 valence electrons. The van der Waals surface area contributed by atoms with Gasteiger partial charge in [0.05, 0.1) is 35.0 Å². The lowest BCUT2D eigenvalue weighted by molar-refractivity contribution is -0.132. The molecule has 1 aliphatic rings. The first-order chi connectivity index (χ1) is 19.4. The summed E-state index contributed by atoms with van der Waals surface area (Å²) in [5.74, 6) is -1.21. The van der Waals surface area contributed by atoms with Gasteiger partial charge < -0.3 is 14.6 Å². The number of ketones is 1. The number of rotatable bonds is 10. The highest BCUT2D eigenvalue weighted by Gasteiger charge is 2.48. The van der Waals surface area contributed by atoms with Crippen molar-refractivity contribution in [2.45, 2.75) is 39.2 Å². The van der Waals surface area contributed by atoms with Gasteiger partial charge in [-0.3, -0.25) is 14.5 Å². The molecule has 4 aromatic rings. The molecule has 1 aromatic heterocycles. The van der Waals surface area contributed by atoms with E-state index in [1.807, 2.05) is 6.92 Å². The molecule has 1 atom stereocenters. The first-order valence-corrected chi connectivity index (χ1v) is 14.1. The Labute approximate surface area is 235 Å². The minimum Gasteiger partial charge on any atom is -0.507 e. The van der Waals surface area contributed by atoms with Crippen LogP contribution in [0.25, 0.3) is 16.0 Å². The van der Waals surface area contributed by atoms with Crippen molar-refractivity contribution >= 4 is 44.1 Å². The molecule has 1 amide bonds. The van der Waals surface area contributed by atoms with Gasteiger partial charge in [0.1, 0.15) is 23.1 Å². The summed E-state index contributed by atoms with van der Waals surface area (Å²) in [6, 6.07) is 17.1. The molecule has 1 fully saturated rings. The van der Waals surface area contributed by atoms with E-state index in [1.165, 1.54) is 23.1 Å². The third-order valence-corrected chi connectivity index (χ3v) is 7.55. The summed E-state index contributed by atoms with van der Waals surface area (Å²) in [4.78, 5) is 32.8. The third kappa shape index (κ3) is 5.42. The number of unbranched alkanes of at least 4 members (excludes halogenated alkanes) is 1. The average molecular weight is 561 g/mol. The lowest BCUT2D eigenvalue weighted by atomic mass is 9.95. The Bertz CT molecular complexity index is 1580. The summed E-state index contributed by atoms with van der Waals surface area (Å²) >= 11 is 1.10. The van der Waals surface area contributed by atoms with Gasteiger partial charge in [-0.25, -0.2) is 9.37 Å². The lowest BCUT2D eigenvalue weighted by Crippen LogP contribution is -2.29. The van der Waals surface area contributed by atoms with E-state index in [0.717, 1.165) is 30.6 Å². The monoisotopic (exact) mass is 560 g/mol. The molecule has 1 saturated heterocycles. The van der Waals surface area contributed by atoms with Gasteiger partial charge in [0.15, 0.2) is 5.13 Å². The SMILES string of the molecule is CCCCOc1ccc(C2/C(=C(\O)c3cccc(OCCC)c3)C(=O)C(=O)N2c2nc3ccc(F)cc3s2)cc1. The molecule has 0 radical (unpaired) electrons. The van der Waals surface area contributed by atoms with Crippen LogP contribution in [0.15, 0.2) is 72.3 Å². The number of aliphatic hydroxyl groups is 1. The first-order valence-electron chi connectivity index (χ1n) is 13.2. The van der Waals surface area contributed by atoms with Crippen molar-refractivity contribution in [3.8, 4) is 11.5 Å². The zero-order chi connectivity index (χ0) is 28.2. The number of fused-ring (bicyclic) bond motifs is 1. The van der Waals surface area contributed by atoms with Crippen molar-refractivity contribution in [3.05, 3.63) is 89.2 Å². The number of anilines is 1. The lowest BCUT2D eigenvalue weighted by Gasteiger charge is -2.23. The topological polar surface area (TPSA) is 89.0 Å². The Morgan fingerprint density at radius 1 is 0.975 bits per heavy atom. The van der Waals surface area contributed by atoms with E-state index in [1.54, 1.807) is 48.5 Å². The van der Waals surface area contributed by atoms with Gasteiger partial charge in [-0.15, -0.1) is 0 Å². The number of aromatic nitrogens is 1. The number of hydrogen-bond acceptors (Lipinski definition) is 7. The number of benzene rings is 3. The number of hydrogen-bond donors (Lipinski definition) is 1. The van der Waals surface area contributed by atoms with Crippen molar-refractivity contribution in [1.82, 2.24) is 4.98 Å². The van der Waals surface area contributed by atoms with E-state index in [2.05, 4.69) is 11.9 Å². The van der Waals surface area contributed by atoms with Crippen LogP contribution in [0.2, 0.25) is 0 Å². The number of thiazole rings is 1. The van der Waals surface area contributed by atoms with E-state index in [-0.39, 0.29) is 16.5 Å². The summed E-state index contributed by atoms with van der Waals surface area (Å²) in [6.45, 7) is 5.14. The fourth-order valence-corrected chi connectivity index (χ4v) is 5.54. The fourth-order valence-electron chi connectivity index (χ4n) is 4.52. The highest BCUT2D eigenvalue weighted by atomic mass is 32.1. The van der Waals surface area contributed by atoms with Crippen LogP contribution < -0.4 is 14.4 Å². The van der Waals surface area contributed by atoms with Crippen LogP contribution in [0.5, 0.6) is 11.5 Å². The number of aliphatic hydroxyl groups excluding tert-OH is 1. The molecule has 0 aliphatic carbocycles. The Kier molecular flexibility index (Phi) is 8.11. The van der Waals surface area contributed by atoms with Crippen LogP contribution in [-0.4, -0.2) is 35.0 Å². The molecular weight excluding hydrogens is 531 g/mol. The highest BCUT2D eigenvalue weighted by Crippen LogP contribution is 2.44. The van der Waals surface area contributed by atoms with Gasteiger partial charge >= 0.3 is 5.91 Å². The molecule has 1 N–H and O–H groups in total. The number of nitrogens with zero attached hydrogens (tertiary/aromatic N) is 2. The van der Waals surface area contributed by atoms with Crippen LogP contribution in [0, 0.1) is 5.82 Å². The predicted octanol–water partition coefficient (Wildman–Crippen LogP) is 7.03. The Balaban J connectivity index is 1.62. The average Bonchev–Trinajstić information content (AvgIpc) is 3.49. The molecule has 1 aliphatic heterocycles. The number of carbonyl (C=O) groups is 2. The molecule has 0 spiro atoms. The zero-order valence-corrected chi connectivity index (χ0v) is 23.0. The van der Waals surface area contributed by atoms with E-state index < -0.39 is 23.5 Å². The molecule has 3 aromatic carbocycles. The van der Waals surface area contributed by atoms with E-state index in [9.17, 15) is 19.1 Å². The number of carbonyl (C=O) groups excluding carboxylic acids is 2. The minimum absolute atomic E-state index is 0.0669. The quantitative estimate of drug-likeness (QED) is 0.0970. The van der Waals surface area contributed by atoms with Crippen molar-refractivity contribution in [1.29, 1.82) is 0 Å². The van der Waals surface area contributed by atoms with Crippen molar-refractivity contribution in [2.75, 3.05) is 18.1 Å². The smallest absolute Gasteiger partial charge is 0.301 e. The van der Waals surface area contributed by atoms with Crippen molar-refractivity contribution in [2.24, 2.45) is 0 Å². The van der Waals surface area contributed by atoms with E-state index >= 15 is 0 Å². The van der Waals surface area contributed by atoms with Crippen LogP contribution in [0.1, 0.15) is 50.3 Å². The van der Waals surface area contributed by atoms with Gasteiger partial charge in [0.25, 0.3) is 5.78 Å².